The molecule has 838 valence electrons. The van der Waals surface area contributed by atoms with Gasteiger partial charge in [0, 0.05) is 85.1 Å². The van der Waals surface area contributed by atoms with Gasteiger partial charge in [-0.25, -0.2) is 19.2 Å². The molecule has 0 unspecified atom stereocenters. The van der Waals surface area contributed by atoms with Crippen LogP contribution in [0.5, 0.6) is 0 Å². The molecular weight excluding hydrogens is 2010 g/mol. The number of esters is 1. The maximum Gasteiger partial charge on any atom is 0.355 e. The third-order valence-electron chi connectivity index (χ3n) is 23.6. The fraction of sp³-hybridized carbons (Fsp3) is 0.798. The van der Waals surface area contributed by atoms with E-state index in [1.54, 1.807) is 18.7 Å². The SMILES string of the molecule is CC1=C(C(=O)O)N2C(=O)[C@H](CC(=O)CCOCCOCCOCCOCCOCCOCCOCCOCCOCCOCCOCCOCCNC(=O)CCCC[C@@H]3SC[C@@H]4NC(=O)N[C@@H]43)[C@@H]2SC1.CC1=C(C(=O)OCc2ccccc2)N2C(=O)[C@H](CC(=O)CCOCCOCCOCCOCCOCCOCCOCCOCCOCCOCCOCCOCCNC(=O)CCCC[C@@H]3SC[C@@H]4NC(=O)N[C@@H]43)[C@@H]2SC1. The Morgan fingerprint density at radius 2 is 0.599 bits per heavy atom. The van der Waals surface area contributed by atoms with E-state index >= 15 is 0 Å². The van der Waals surface area contributed by atoms with Crippen molar-refractivity contribution in [1.29, 1.82) is 0 Å². The van der Waals surface area contributed by atoms with Gasteiger partial charge in [-0.2, -0.15) is 23.5 Å². The number of hydrogen-bond donors (Lipinski definition) is 7. The first kappa shape index (κ1) is 126. The molecule has 7 N–H and O–H groups in total. The van der Waals surface area contributed by atoms with E-state index in [0.717, 1.165) is 61.2 Å². The number of benzene rings is 1. The number of nitrogens with one attached hydrogen (secondary N) is 6. The number of aliphatic carboxylic acids is 1. The quantitative estimate of drug-likeness (QED) is 0.0208. The number of carboxylic acid groups (broad SMARTS) is 1. The minimum Gasteiger partial charge on any atom is -0.477 e. The van der Waals surface area contributed by atoms with E-state index in [1.807, 2.05) is 60.8 Å². The maximum absolute atomic E-state index is 13.1. The molecule has 8 aliphatic heterocycles. The molecule has 0 aliphatic carbocycles. The van der Waals surface area contributed by atoms with Crippen molar-refractivity contribution in [3.63, 3.8) is 0 Å². The Bertz CT molecular complexity index is 3870. The molecule has 44 nitrogen and oxygen atoms in total. The first-order valence-corrected chi connectivity index (χ1v) is 55.8. The number of thioether (sulfide) groups is 4. The molecule has 1 aromatic carbocycles. The van der Waals surface area contributed by atoms with E-state index in [-0.39, 0.29) is 133 Å². The highest BCUT2D eigenvalue weighted by Crippen LogP contribution is 2.47. The van der Waals surface area contributed by atoms with Crippen molar-refractivity contribution in [1.82, 2.24) is 41.7 Å². The molecule has 1 aromatic rings. The molecule has 0 spiro atoms. The van der Waals surface area contributed by atoms with Crippen LogP contribution in [0.4, 0.5) is 9.59 Å². The van der Waals surface area contributed by atoms with Crippen molar-refractivity contribution in [3.05, 3.63) is 58.4 Å². The van der Waals surface area contributed by atoms with Gasteiger partial charge in [-0.05, 0) is 56.2 Å². The highest BCUT2D eigenvalue weighted by molar-refractivity contribution is 8.01. The molecule has 48 heteroatoms. The summed E-state index contributed by atoms with van der Waals surface area (Å²) in [5, 5.41) is 27.4. The van der Waals surface area contributed by atoms with Crippen LogP contribution in [0.15, 0.2) is 52.9 Å². The van der Waals surface area contributed by atoms with E-state index in [9.17, 15) is 53.1 Å². The summed E-state index contributed by atoms with van der Waals surface area (Å²) in [5.41, 5.74) is 2.66. The molecule has 9 rings (SSSR count). The number of carboxylic acids is 1. The Labute approximate surface area is 881 Å². The Hall–Kier alpha value is -6.16. The van der Waals surface area contributed by atoms with Crippen LogP contribution in [0.3, 0.4) is 0 Å². The molecule has 8 amide bonds. The molecule has 8 heterocycles. The van der Waals surface area contributed by atoms with Crippen LogP contribution in [0.2, 0.25) is 0 Å². The minimum atomic E-state index is -1.11. The van der Waals surface area contributed by atoms with Crippen molar-refractivity contribution >= 4 is 106 Å². The zero-order valence-corrected chi connectivity index (χ0v) is 89.1. The summed E-state index contributed by atoms with van der Waals surface area (Å²) in [4.78, 5) is 125. The van der Waals surface area contributed by atoms with Gasteiger partial charge in [0.05, 0.1) is 364 Å². The number of carbonyl (C=O) groups is 10. The van der Waals surface area contributed by atoms with Crippen LogP contribution >= 0.6 is 47.0 Å². The average Bonchev–Trinajstić information content (AvgIpc) is 1.67. The van der Waals surface area contributed by atoms with Crippen molar-refractivity contribution < 1.29 is 171 Å². The molecule has 0 saturated carbocycles. The average molecular weight is 2170 g/mol. The maximum atomic E-state index is 13.1. The van der Waals surface area contributed by atoms with Crippen LogP contribution < -0.4 is 31.9 Å². The number of fused-ring (bicyclic) bond motifs is 4. The Kier molecular flexibility index (Phi) is 69.9. The van der Waals surface area contributed by atoms with Gasteiger partial charge in [-0.1, -0.05) is 43.2 Å². The second-order valence-electron chi connectivity index (χ2n) is 34.8. The molecular formula is C99H162N8O36S4. The number of Topliss-reactive ketones (excluding diaryl/α,β-unsaturated/α-hetero) is 2. The lowest BCUT2D eigenvalue weighted by Gasteiger charge is -2.49. The van der Waals surface area contributed by atoms with E-state index in [4.69, 9.17) is 118 Å². The lowest BCUT2D eigenvalue weighted by atomic mass is 9.90. The van der Waals surface area contributed by atoms with Crippen LogP contribution in [0.25, 0.3) is 0 Å². The summed E-state index contributed by atoms with van der Waals surface area (Å²) in [6.07, 6.45) is 7.20. The van der Waals surface area contributed by atoms with Crippen molar-refractivity contribution in [3.8, 4) is 0 Å². The first-order valence-electron chi connectivity index (χ1n) is 51.6. The monoisotopic (exact) mass is 2170 g/mol. The van der Waals surface area contributed by atoms with E-state index in [2.05, 4.69) is 31.9 Å². The van der Waals surface area contributed by atoms with Crippen LogP contribution in [-0.4, -0.2) is 473 Å². The summed E-state index contributed by atoms with van der Waals surface area (Å²) in [6, 6.07) is 10.1. The van der Waals surface area contributed by atoms with Crippen LogP contribution in [0, 0.1) is 11.8 Å². The molecule has 147 heavy (non-hydrogen) atoms. The fourth-order valence-electron chi connectivity index (χ4n) is 16.0. The normalized spacial score (nSPS) is 20.1. The zero-order valence-electron chi connectivity index (χ0n) is 85.8. The number of ether oxygens (including phenoxy) is 25. The van der Waals surface area contributed by atoms with Gasteiger partial charge in [-0.15, -0.1) is 23.5 Å². The predicted molar refractivity (Wildman–Crippen MR) is 545 cm³/mol. The Balaban J connectivity index is 0.000000360. The third-order valence-corrected chi connectivity index (χ3v) is 29.6. The third kappa shape index (κ3) is 54.5. The number of urea groups is 2. The first-order chi connectivity index (χ1) is 72.1. The number of nitrogens with zero attached hydrogens (tertiary/aromatic N) is 2. The van der Waals surface area contributed by atoms with Gasteiger partial charge < -0.3 is 155 Å². The van der Waals surface area contributed by atoms with Gasteiger partial charge in [-0.3, -0.25) is 38.6 Å². The largest absolute Gasteiger partial charge is 0.477 e. The van der Waals surface area contributed by atoms with Gasteiger partial charge in [0.1, 0.15) is 29.6 Å². The molecule has 0 aromatic heterocycles. The molecule has 8 aliphatic rings. The zero-order chi connectivity index (χ0) is 104. The molecule has 0 radical (unpaired) electrons. The summed E-state index contributed by atoms with van der Waals surface area (Å²) < 4.78 is 138. The summed E-state index contributed by atoms with van der Waals surface area (Å²) >= 11 is 6.86. The number of carbonyl (C=O) groups excluding carboxylic acids is 9. The lowest BCUT2D eigenvalue weighted by molar-refractivity contribution is -0.156. The van der Waals surface area contributed by atoms with E-state index < -0.39 is 23.8 Å². The second kappa shape index (κ2) is 81.5. The number of β-lactam (4-membered cyclic amide) rings is 2. The highest BCUT2D eigenvalue weighted by Gasteiger charge is 2.55. The van der Waals surface area contributed by atoms with Crippen molar-refractivity contribution in [2.24, 2.45) is 11.8 Å². The topological polar surface area (TPSA) is 500 Å². The number of amides is 8. The Morgan fingerprint density at radius 1 is 0.333 bits per heavy atom. The number of unbranched alkanes of at least 4 members (excludes halogenated alkanes) is 2. The smallest absolute Gasteiger partial charge is 0.355 e. The summed E-state index contributed by atoms with van der Waals surface area (Å²) in [7, 11) is 0. The fourth-order valence-corrected chi connectivity index (χ4v) is 21.8. The minimum absolute atomic E-state index is 0.0341. The van der Waals surface area contributed by atoms with Crippen molar-refractivity contribution in [2.75, 3.05) is 353 Å². The lowest BCUT2D eigenvalue weighted by Crippen LogP contribution is -2.61. The summed E-state index contributed by atoms with van der Waals surface area (Å²) in [5.74, 6) is -0.122. The Morgan fingerprint density at radius 3 is 0.884 bits per heavy atom. The van der Waals surface area contributed by atoms with E-state index in [1.165, 1.54) is 21.6 Å². The molecule has 10 atom stereocenters. The van der Waals surface area contributed by atoms with Gasteiger partial charge >= 0.3 is 24.0 Å². The second-order valence-corrected chi connectivity index (χ2v) is 39.5. The van der Waals surface area contributed by atoms with Gasteiger partial charge in [0.2, 0.25) is 23.6 Å². The van der Waals surface area contributed by atoms with Gasteiger partial charge in [0.15, 0.2) is 0 Å². The number of rotatable bonds is 96. The molecule has 6 fully saturated rings. The molecule has 0 bridgehead atoms. The van der Waals surface area contributed by atoms with Crippen molar-refractivity contribution in [2.45, 2.75) is 143 Å². The standard InChI is InChI=1S/C53H84N4O18S2.C46H78N4O18S2/c1-41-39-77-51-44(50(60)57(51)49(41)52(61)75-38-42-7-3-2-4-8-42)37-43(58)11-13-63-15-17-65-19-21-67-23-25-69-27-29-71-31-33-73-35-36-74-34-32-72-30-28-70-26-24-68-22-20-66-18-16-64-14-12-54-47(59)10-6-5-9-46-48-45(40-76-46)55-53(62)56-48;1-35-33-70-44-37(43(53)50(44)42(35)45(54)55)32-36(51)6-8-57-10-12-59-14-16-61-18-20-63-22-24-65-26-28-67-30-31-68-29-27-66-25-23-64-21-19-62-17-15-60-13-11-58-9-7-47-40(52)5-3-2-4-39-41-38(34-69-39)48-46(56)49-41/h2-4,7-8,44-46,48,51H,5-6,9-40H2,1H3,(H,54,59)(H2,55,56,62);37-39,41,44H,2-34H2,1H3,(H,47,52)(H,54,55)(H2,48,49,56)/t44-,45-,46-,48-,51-;37-,38-,39-,41-,44-/m00/s1. The predicted octanol–water partition coefficient (Wildman–Crippen LogP) is 4.19. The van der Waals surface area contributed by atoms with Crippen LogP contribution in [0.1, 0.15) is 96.5 Å². The van der Waals surface area contributed by atoms with Gasteiger partial charge in [0.25, 0.3) is 0 Å². The highest BCUT2D eigenvalue weighted by atomic mass is 32.2. The number of hydrogen-bond acceptors (Lipinski definition) is 39. The number of ketones is 2. The van der Waals surface area contributed by atoms with E-state index in [0.29, 0.717) is 363 Å². The molecule has 6 saturated heterocycles. The summed E-state index contributed by atoms with van der Waals surface area (Å²) in [6.45, 7) is 25.6. The van der Waals surface area contributed by atoms with Crippen LogP contribution in [-0.2, 0) is 163 Å².